The lowest BCUT2D eigenvalue weighted by molar-refractivity contribution is 0.488. The second-order valence-electron chi connectivity index (χ2n) is 5.22. The van der Waals surface area contributed by atoms with Crippen LogP contribution in [-0.2, 0) is 4.57 Å². The highest BCUT2D eigenvalue weighted by Crippen LogP contribution is 2.51. The molecule has 0 bridgehead atoms. The fraction of sp³-hybridized carbons (Fsp3) is 0.571. The number of hydrogen-bond acceptors (Lipinski definition) is 1. The lowest BCUT2D eigenvalue weighted by atomic mass is 10.0. The van der Waals surface area contributed by atoms with Gasteiger partial charge < -0.3 is 4.57 Å². The van der Waals surface area contributed by atoms with Gasteiger partial charge in [-0.1, -0.05) is 41.3 Å². The minimum atomic E-state index is -2.19. The molecular weight excluding hydrogens is 295 g/mol. The van der Waals surface area contributed by atoms with E-state index in [1.165, 1.54) is 24.8 Å². The molecule has 3 heteroatoms. The van der Waals surface area contributed by atoms with Gasteiger partial charge in [0, 0.05) is 15.4 Å². The van der Waals surface area contributed by atoms with Crippen LogP contribution >= 0.6 is 23.1 Å². The molecule has 1 unspecified atom stereocenters. The van der Waals surface area contributed by atoms with Gasteiger partial charge in [0.05, 0.1) is 0 Å². The first-order valence-corrected chi connectivity index (χ1v) is 9.37. The SMILES string of the molecule is Cc1cc(P(C)(=O)C2CCCCC2)ccc1Br. The van der Waals surface area contributed by atoms with E-state index in [1.807, 2.05) is 18.8 Å². The van der Waals surface area contributed by atoms with E-state index < -0.39 is 7.14 Å². The molecule has 0 aromatic heterocycles. The van der Waals surface area contributed by atoms with Crippen LogP contribution in [0.3, 0.4) is 0 Å². The van der Waals surface area contributed by atoms with E-state index in [9.17, 15) is 4.57 Å². The second-order valence-corrected chi connectivity index (χ2v) is 9.30. The molecule has 1 saturated carbocycles. The molecule has 0 radical (unpaired) electrons. The van der Waals surface area contributed by atoms with Crippen LogP contribution in [0.5, 0.6) is 0 Å². The van der Waals surface area contributed by atoms with E-state index >= 15 is 0 Å². The van der Waals surface area contributed by atoms with Crippen molar-refractivity contribution in [1.29, 1.82) is 0 Å². The molecule has 0 spiro atoms. The first-order valence-electron chi connectivity index (χ1n) is 6.36. The Morgan fingerprint density at radius 2 is 1.88 bits per heavy atom. The summed E-state index contributed by atoms with van der Waals surface area (Å²) in [6.07, 6.45) is 6.09. The van der Waals surface area contributed by atoms with Gasteiger partial charge in [0.2, 0.25) is 0 Å². The van der Waals surface area contributed by atoms with Gasteiger partial charge in [0.1, 0.15) is 7.14 Å². The molecule has 0 saturated heterocycles. The molecule has 1 aromatic carbocycles. The van der Waals surface area contributed by atoms with Gasteiger partial charge in [-0.15, -0.1) is 0 Å². The quantitative estimate of drug-likeness (QED) is 0.723. The fourth-order valence-electron chi connectivity index (χ4n) is 2.69. The van der Waals surface area contributed by atoms with Gasteiger partial charge in [0.25, 0.3) is 0 Å². The number of halogens is 1. The summed E-state index contributed by atoms with van der Waals surface area (Å²) in [5.41, 5.74) is 1.59. The second kappa shape index (κ2) is 5.28. The van der Waals surface area contributed by atoms with E-state index in [1.54, 1.807) is 0 Å². The number of rotatable bonds is 2. The molecule has 0 amide bonds. The molecule has 1 aliphatic rings. The van der Waals surface area contributed by atoms with Gasteiger partial charge in [-0.05, 0) is 44.1 Å². The van der Waals surface area contributed by atoms with E-state index in [0.29, 0.717) is 5.66 Å². The third kappa shape index (κ3) is 2.85. The van der Waals surface area contributed by atoms with Crippen molar-refractivity contribution in [2.75, 3.05) is 6.66 Å². The minimum absolute atomic E-state index is 0.414. The van der Waals surface area contributed by atoms with Crippen LogP contribution < -0.4 is 5.30 Å². The Labute approximate surface area is 113 Å². The first kappa shape index (κ1) is 13.4. The lowest BCUT2D eigenvalue weighted by Gasteiger charge is -2.28. The van der Waals surface area contributed by atoms with Crippen molar-refractivity contribution < 1.29 is 4.57 Å². The summed E-state index contributed by atoms with van der Waals surface area (Å²) < 4.78 is 14.1. The van der Waals surface area contributed by atoms with E-state index in [2.05, 4.69) is 28.9 Å². The summed E-state index contributed by atoms with van der Waals surface area (Å²) in [6.45, 7) is 4.04. The minimum Gasteiger partial charge on any atom is -0.319 e. The van der Waals surface area contributed by atoms with E-state index in [0.717, 1.165) is 22.6 Å². The zero-order chi connectivity index (χ0) is 12.5. The summed E-state index contributed by atoms with van der Waals surface area (Å²) in [6, 6.07) is 6.16. The molecule has 17 heavy (non-hydrogen) atoms. The van der Waals surface area contributed by atoms with Crippen molar-refractivity contribution in [1.82, 2.24) is 0 Å². The fourth-order valence-corrected chi connectivity index (χ4v) is 5.53. The van der Waals surface area contributed by atoms with Crippen LogP contribution in [0.15, 0.2) is 22.7 Å². The maximum Gasteiger partial charge on any atom is 0.115 e. The van der Waals surface area contributed by atoms with Crippen LogP contribution in [0.4, 0.5) is 0 Å². The van der Waals surface area contributed by atoms with Crippen LogP contribution in [0.2, 0.25) is 0 Å². The third-order valence-corrected chi connectivity index (χ3v) is 8.03. The largest absolute Gasteiger partial charge is 0.319 e. The first-order chi connectivity index (χ1) is 8.01. The Hall–Kier alpha value is -0.0700. The Morgan fingerprint density at radius 1 is 1.24 bits per heavy atom. The third-order valence-electron chi connectivity index (χ3n) is 3.93. The molecule has 1 aromatic rings. The van der Waals surface area contributed by atoms with Gasteiger partial charge >= 0.3 is 0 Å². The molecule has 2 rings (SSSR count). The molecule has 0 N–H and O–H groups in total. The highest BCUT2D eigenvalue weighted by Gasteiger charge is 2.31. The normalized spacial score (nSPS) is 21.1. The van der Waals surface area contributed by atoms with Crippen molar-refractivity contribution in [2.24, 2.45) is 0 Å². The Balaban J connectivity index is 2.29. The predicted octanol–water partition coefficient (Wildman–Crippen LogP) is 4.71. The van der Waals surface area contributed by atoms with Gasteiger partial charge in [0.15, 0.2) is 0 Å². The summed E-state index contributed by atoms with van der Waals surface area (Å²) in [5.74, 6) is 0. The highest BCUT2D eigenvalue weighted by atomic mass is 79.9. The van der Waals surface area contributed by atoms with Crippen molar-refractivity contribution >= 4 is 28.4 Å². The molecule has 1 atom stereocenters. The van der Waals surface area contributed by atoms with Crippen molar-refractivity contribution in [3.63, 3.8) is 0 Å². The molecule has 1 aliphatic carbocycles. The number of hydrogen-bond donors (Lipinski definition) is 0. The average molecular weight is 315 g/mol. The van der Waals surface area contributed by atoms with Crippen LogP contribution in [-0.4, -0.2) is 12.3 Å². The van der Waals surface area contributed by atoms with E-state index in [4.69, 9.17) is 0 Å². The van der Waals surface area contributed by atoms with Crippen molar-refractivity contribution in [3.05, 3.63) is 28.2 Å². The molecule has 94 valence electrons. The zero-order valence-corrected chi connectivity index (χ0v) is 13.1. The standard InChI is InChI=1S/C14H20BrOP/c1-11-10-13(8-9-14(11)15)17(2,16)12-6-4-3-5-7-12/h8-10,12H,3-7H2,1-2H3. The van der Waals surface area contributed by atoms with Crippen LogP contribution in [0.25, 0.3) is 0 Å². The Kier molecular flexibility index (Phi) is 4.15. The topological polar surface area (TPSA) is 17.1 Å². The smallest absolute Gasteiger partial charge is 0.115 e. The van der Waals surface area contributed by atoms with Crippen LogP contribution in [0, 0.1) is 6.92 Å². The highest BCUT2D eigenvalue weighted by molar-refractivity contribution is 9.10. The maximum atomic E-state index is 13.0. The molecule has 0 aliphatic heterocycles. The summed E-state index contributed by atoms with van der Waals surface area (Å²) in [7, 11) is -2.19. The average Bonchev–Trinajstić information content (AvgIpc) is 2.33. The zero-order valence-electron chi connectivity index (χ0n) is 10.6. The monoisotopic (exact) mass is 314 g/mol. The molecule has 1 nitrogen and oxygen atoms in total. The van der Waals surface area contributed by atoms with Crippen LogP contribution in [0.1, 0.15) is 37.7 Å². The number of aryl methyl sites for hydroxylation is 1. The van der Waals surface area contributed by atoms with E-state index in [-0.39, 0.29) is 0 Å². The van der Waals surface area contributed by atoms with Gasteiger partial charge in [-0.2, -0.15) is 0 Å². The molecular formula is C14H20BrOP. The summed E-state index contributed by atoms with van der Waals surface area (Å²) in [5, 5.41) is 1.06. The lowest BCUT2D eigenvalue weighted by Crippen LogP contribution is -2.20. The summed E-state index contributed by atoms with van der Waals surface area (Å²) in [4.78, 5) is 0. The molecule has 0 heterocycles. The predicted molar refractivity (Wildman–Crippen MR) is 78.9 cm³/mol. The van der Waals surface area contributed by atoms with Crippen molar-refractivity contribution in [2.45, 2.75) is 44.7 Å². The molecule has 1 fully saturated rings. The van der Waals surface area contributed by atoms with Gasteiger partial charge in [-0.3, -0.25) is 0 Å². The van der Waals surface area contributed by atoms with Gasteiger partial charge in [-0.25, -0.2) is 0 Å². The van der Waals surface area contributed by atoms with Crippen molar-refractivity contribution in [3.8, 4) is 0 Å². The Morgan fingerprint density at radius 3 is 2.47 bits per heavy atom. The number of benzene rings is 1. The summed E-state index contributed by atoms with van der Waals surface area (Å²) >= 11 is 3.50. The maximum absolute atomic E-state index is 13.0. The Bertz CT molecular complexity index is 450.